The summed E-state index contributed by atoms with van der Waals surface area (Å²) in [6, 6.07) is 10.5. The Balaban J connectivity index is 1.30. The van der Waals surface area contributed by atoms with E-state index in [1.165, 1.54) is 38.3 Å². The first-order valence-electron chi connectivity index (χ1n) is 14.6. The van der Waals surface area contributed by atoms with Gasteiger partial charge in [-0.2, -0.15) is 10.1 Å². The number of fused-ring (bicyclic) bond motifs is 1. The number of benzene rings is 3. The summed E-state index contributed by atoms with van der Waals surface area (Å²) in [5, 5.41) is 5.10. The predicted molar refractivity (Wildman–Crippen MR) is 166 cm³/mol. The number of halogens is 3. The molecule has 0 bridgehead atoms. The van der Waals surface area contributed by atoms with Gasteiger partial charge < -0.3 is 24.8 Å². The maximum Gasteiger partial charge on any atom is 0.340 e. The zero-order valence-corrected chi connectivity index (χ0v) is 25.0. The summed E-state index contributed by atoms with van der Waals surface area (Å²) < 4.78 is 60.0. The second kappa shape index (κ2) is 14.3. The molecule has 0 aliphatic carbocycles. The van der Waals surface area contributed by atoms with Crippen molar-refractivity contribution in [3.63, 3.8) is 0 Å². The molecule has 4 aromatic rings. The molecule has 2 N–H and O–H groups in total. The first kappa shape index (κ1) is 31.6. The van der Waals surface area contributed by atoms with Gasteiger partial charge in [0.2, 0.25) is 0 Å². The highest BCUT2D eigenvalue weighted by molar-refractivity contribution is 5.93. The highest BCUT2D eigenvalue weighted by Crippen LogP contribution is 2.38. The number of pyridine rings is 1. The number of nitrogens with zero attached hydrogens (tertiary/aromatic N) is 4. The van der Waals surface area contributed by atoms with Crippen LogP contribution in [0.2, 0.25) is 0 Å². The second-order valence-electron chi connectivity index (χ2n) is 10.8. The van der Waals surface area contributed by atoms with Crippen LogP contribution in [0.15, 0.2) is 65.9 Å². The van der Waals surface area contributed by atoms with Crippen molar-refractivity contribution in [2.45, 2.75) is 26.2 Å². The van der Waals surface area contributed by atoms with Crippen LogP contribution in [0.3, 0.4) is 0 Å². The standard InChI is InChI=1S/C33H34F3N5O4/c1-21-9-13-40(14-10-21)12-3-15-44-32-19-28-25(18-31(32)43-2)29(8-11-38-28)45-30-7-6-24(17-27(30)36)41(33(37)42)39-20-22-4-5-23(34)16-26(22)35/h4-8,11,16-21H,3,9-10,12-15H2,1-2H3,(H2,37,42). The van der Waals surface area contributed by atoms with Crippen molar-refractivity contribution in [1.29, 1.82) is 0 Å². The SMILES string of the molecule is COc1cc2c(Oc3ccc(N(N=Cc4ccc(F)cc4F)C(N)=O)cc3F)ccnc2cc1OCCCN1CCC(C)CC1. The van der Waals surface area contributed by atoms with Gasteiger partial charge in [-0.1, -0.05) is 6.92 Å². The number of rotatable bonds is 11. The minimum Gasteiger partial charge on any atom is -0.493 e. The predicted octanol–water partition coefficient (Wildman–Crippen LogP) is 6.87. The van der Waals surface area contributed by atoms with Gasteiger partial charge in [-0.25, -0.2) is 18.0 Å². The number of ether oxygens (including phenoxy) is 3. The topological polar surface area (TPSA) is 103 Å². The normalized spacial score (nSPS) is 14.2. The van der Waals surface area contributed by atoms with Crippen LogP contribution < -0.4 is 25.0 Å². The van der Waals surface area contributed by atoms with E-state index < -0.39 is 23.5 Å². The van der Waals surface area contributed by atoms with E-state index >= 15 is 4.39 Å². The molecule has 1 aliphatic rings. The van der Waals surface area contributed by atoms with E-state index in [2.05, 4.69) is 21.9 Å². The number of carbonyl (C=O) groups excluding carboxylic acids is 1. The molecule has 1 fully saturated rings. The molecule has 0 spiro atoms. The van der Waals surface area contributed by atoms with Crippen LogP contribution >= 0.6 is 0 Å². The van der Waals surface area contributed by atoms with Crippen LogP contribution in [0.5, 0.6) is 23.0 Å². The molecule has 1 saturated heterocycles. The molecule has 45 heavy (non-hydrogen) atoms. The number of carbonyl (C=O) groups is 1. The number of likely N-dealkylation sites (tertiary alicyclic amines) is 1. The van der Waals surface area contributed by atoms with E-state index in [1.54, 1.807) is 18.2 Å². The minimum atomic E-state index is -1.05. The first-order chi connectivity index (χ1) is 21.7. The Morgan fingerprint density at radius 3 is 2.53 bits per heavy atom. The van der Waals surface area contributed by atoms with Crippen LogP contribution in [-0.4, -0.2) is 55.5 Å². The van der Waals surface area contributed by atoms with Gasteiger partial charge in [0.05, 0.1) is 31.1 Å². The fourth-order valence-electron chi connectivity index (χ4n) is 5.05. The average Bonchev–Trinajstić information content (AvgIpc) is 3.02. The Bertz CT molecular complexity index is 1700. The molecular weight excluding hydrogens is 587 g/mol. The Kier molecular flexibility index (Phi) is 10.0. The molecule has 0 saturated carbocycles. The number of primary amides is 1. The first-order valence-corrected chi connectivity index (χ1v) is 14.6. The van der Waals surface area contributed by atoms with E-state index in [9.17, 15) is 13.6 Å². The molecule has 1 aromatic heterocycles. The van der Waals surface area contributed by atoms with E-state index in [-0.39, 0.29) is 17.0 Å². The smallest absolute Gasteiger partial charge is 0.340 e. The molecule has 2 amide bonds. The van der Waals surface area contributed by atoms with Crippen LogP contribution in [-0.2, 0) is 0 Å². The zero-order chi connectivity index (χ0) is 31.9. The van der Waals surface area contributed by atoms with E-state index in [0.29, 0.717) is 45.8 Å². The fraction of sp³-hybridized carbons (Fsp3) is 0.303. The largest absolute Gasteiger partial charge is 0.493 e. The molecule has 0 atom stereocenters. The molecule has 3 aromatic carbocycles. The van der Waals surface area contributed by atoms with E-state index in [4.69, 9.17) is 19.9 Å². The number of hydrogen-bond donors (Lipinski definition) is 1. The highest BCUT2D eigenvalue weighted by Gasteiger charge is 2.18. The number of nitrogens with two attached hydrogens (primary N) is 1. The van der Waals surface area contributed by atoms with Crippen LogP contribution in [0.1, 0.15) is 31.7 Å². The maximum atomic E-state index is 15.2. The molecule has 1 aliphatic heterocycles. The number of hydrazone groups is 1. The number of aromatic nitrogens is 1. The third kappa shape index (κ3) is 7.82. The number of hydrogen-bond acceptors (Lipinski definition) is 7. The van der Waals surface area contributed by atoms with Crippen LogP contribution in [0, 0.1) is 23.4 Å². The van der Waals surface area contributed by atoms with Gasteiger partial charge in [-0.15, -0.1) is 0 Å². The molecule has 236 valence electrons. The Labute approximate surface area is 259 Å². The minimum absolute atomic E-state index is 0.0380. The summed E-state index contributed by atoms with van der Waals surface area (Å²) in [5.74, 6) is -0.487. The zero-order valence-electron chi connectivity index (χ0n) is 25.0. The summed E-state index contributed by atoms with van der Waals surface area (Å²) in [6.07, 6.45) is 5.85. The van der Waals surface area contributed by atoms with Crippen LogP contribution in [0.25, 0.3) is 10.9 Å². The number of anilines is 1. The second-order valence-corrected chi connectivity index (χ2v) is 10.8. The number of urea groups is 1. The van der Waals surface area contributed by atoms with Gasteiger partial charge in [0.25, 0.3) is 0 Å². The van der Waals surface area contributed by atoms with Crippen molar-refractivity contribution < 1.29 is 32.2 Å². The average molecular weight is 622 g/mol. The van der Waals surface area contributed by atoms with Crippen LogP contribution in [0.4, 0.5) is 23.7 Å². The molecule has 5 rings (SSSR count). The molecule has 0 radical (unpaired) electrons. The summed E-state index contributed by atoms with van der Waals surface area (Å²) in [6.45, 7) is 6.02. The number of piperidine rings is 1. The van der Waals surface area contributed by atoms with E-state index in [1.807, 2.05) is 0 Å². The van der Waals surface area contributed by atoms with Crippen molar-refractivity contribution in [3.05, 3.63) is 83.8 Å². The van der Waals surface area contributed by atoms with Crippen molar-refractivity contribution in [2.75, 3.05) is 38.4 Å². The lowest BCUT2D eigenvalue weighted by Crippen LogP contribution is -2.34. The third-order valence-corrected chi connectivity index (χ3v) is 7.60. The monoisotopic (exact) mass is 621 g/mol. The van der Waals surface area contributed by atoms with E-state index in [0.717, 1.165) is 56.4 Å². The van der Waals surface area contributed by atoms with Crippen molar-refractivity contribution >= 4 is 28.8 Å². The lowest BCUT2D eigenvalue weighted by atomic mass is 9.99. The lowest BCUT2D eigenvalue weighted by molar-refractivity contribution is 0.176. The van der Waals surface area contributed by atoms with Gasteiger partial charge >= 0.3 is 6.03 Å². The third-order valence-electron chi connectivity index (χ3n) is 7.60. The van der Waals surface area contributed by atoms with Gasteiger partial charge in [-0.3, -0.25) is 4.98 Å². The number of methoxy groups -OCH3 is 1. The Morgan fingerprint density at radius 1 is 1.02 bits per heavy atom. The van der Waals surface area contributed by atoms with Gasteiger partial charge in [-0.05, 0) is 74.7 Å². The maximum absolute atomic E-state index is 15.2. The van der Waals surface area contributed by atoms with Crippen molar-refractivity contribution in [3.8, 4) is 23.0 Å². The Morgan fingerprint density at radius 2 is 1.82 bits per heavy atom. The van der Waals surface area contributed by atoms with Crippen molar-refractivity contribution in [1.82, 2.24) is 9.88 Å². The molecule has 9 nitrogen and oxygen atoms in total. The van der Waals surface area contributed by atoms with Gasteiger partial charge in [0, 0.05) is 41.9 Å². The Hall–Kier alpha value is -4.84. The quantitative estimate of drug-likeness (QED) is 0.111. The summed E-state index contributed by atoms with van der Waals surface area (Å²) in [4.78, 5) is 18.9. The number of amides is 2. The summed E-state index contributed by atoms with van der Waals surface area (Å²) in [7, 11) is 1.54. The molecule has 12 heteroatoms. The van der Waals surface area contributed by atoms with Gasteiger partial charge in [0.1, 0.15) is 17.4 Å². The molecular formula is C33H34F3N5O4. The summed E-state index contributed by atoms with van der Waals surface area (Å²) >= 11 is 0. The fourth-order valence-corrected chi connectivity index (χ4v) is 5.05. The summed E-state index contributed by atoms with van der Waals surface area (Å²) in [5.41, 5.74) is 5.85. The molecule has 0 unspecified atom stereocenters. The molecule has 2 heterocycles. The lowest BCUT2D eigenvalue weighted by Gasteiger charge is -2.30. The van der Waals surface area contributed by atoms with Gasteiger partial charge in [0.15, 0.2) is 23.1 Å². The highest BCUT2D eigenvalue weighted by atomic mass is 19.1. The van der Waals surface area contributed by atoms with Crippen molar-refractivity contribution in [2.24, 2.45) is 16.8 Å².